The first kappa shape index (κ1) is 11.2. The predicted octanol–water partition coefficient (Wildman–Crippen LogP) is 2.19. The minimum absolute atomic E-state index is 0.391. The Balaban J connectivity index is 1.80. The third-order valence-electron chi connectivity index (χ3n) is 4.03. The van der Waals surface area contributed by atoms with Crippen LogP contribution in [-0.2, 0) is 0 Å². The van der Waals surface area contributed by atoms with Gasteiger partial charge in [-0.2, -0.15) is 0 Å². The lowest BCUT2D eigenvalue weighted by Gasteiger charge is -2.38. The summed E-state index contributed by atoms with van der Waals surface area (Å²) in [5, 5.41) is 10.5. The van der Waals surface area contributed by atoms with Gasteiger partial charge in [-0.15, -0.1) is 0 Å². The van der Waals surface area contributed by atoms with Gasteiger partial charge in [-0.1, -0.05) is 25.5 Å². The molecule has 0 aromatic carbocycles. The lowest BCUT2D eigenvalue weighted by molar-refractivity contribution is -0.0317. The highest BCUT2D eigenvalue weighted by Gasteiger charge is 2.34. The fourth-order valence-electron chi connectivity index (χ4n) is 2.85. The van der Waals surface area contributed by atoms with Crippen LogP contribution in [-0.4, -0.2) is 35.2 Å². The van der Waals surface area contributed by atoms with Gasteiger partial charge in [-0.3, -0.25) is 4.90 Å². The van der Waals surface area contributed by atoms with Gasteiger partial charge >= 0.3 is 0 Å². The Labute approximate surface area is 93.0 Å². The first-order valence-corrected chi connectivity index (χ1v) is 6.31. The van der Waals surface area contributed by atoms with Gasteiger partial charge in [0.05, 0.1) is 5.60 Å². The van der Waals surface area contributed by atoms with E-state index in [1.165, 1.54) is 19.3 Å². The molecule has 2 rings (SSSR count). The molecule has 2 nitrogen and oxygen atoms in total. The average molecular weight is 209 g/mol. The van der Waals surface area contributed by atoms with Crippen LogP contribution in [0.3, 0.4) is 0 Å². The van der Waals surface area contributed by atoms with Gasteiger partial charge in [0.15, 0.2) is 0 Å². The van der Waals surface area contributed by atoms with Crippen LogP contribution in [0, 0.1) is 5.92 Å². The van der Waals surface area contributed by atoms with E-state index in [1.54, 1.807) is 0 Å². The molecule has 1 fully saturated rings. The second-order valence-corrected chi connectivity index (χ2v) is 5.24. The van der Waals surface area contributed by atoms with E-state index in [0.717, 1.165) is 38.4 Å². The number of hydrogen-bond acceptors (Lipinski definition) is 2. The Morgan fingerprint density at radius 1 is 1.27 bits per heavy atom. The zero-order valence-electron chi connectivity index (χ0n) is 9.78. The molecule has 0 atom stereocenters. The molecule has 2 heteroatoms. The normalized spacial score (nSPS) is 37.3. The first-order valence-electron chi connectivity index (χ1n) is 6.31. The van der Waals surface area contributed by atoms with Crippen molar-refractivity contribution < 1.29 is 5.11 Å². The number of nitrogens with zero attached hydrogens (tertiary/aromatic N) is 1. The highest BCUT2D eigenvalue weighted by molar-refractivity contribution is 4.98. The highest BCUT2D eigenvalue weighted by Crippen LogP contribution is 2.34. The quantitative estimate of drug-likeness (QED) is 0.720. The van der Waals surface area contributed by atoms with E-state index >= 15 is 0 Å². The first-order chi connectivity index (χ1) is 7.22. The van der Waals surface area contributed by atoms with E-state index in [0.29, 0.717) is 0 Å². The molecule has 0 saturated heterocycles. The second-order valence-electron chi connectivity index (χ2n) is 5.24. The van der Waals surface area contributed by atoms with Gasteiger partial charge in [-0.25, -0.2) is 0 Å². The van der Waals surface area contributed by atoms with E-state index in [-0.39, 0.29) is 0 Å². The van der Waals surface area contributed by atoms with Crippen LogP contribution in [0.4, 0.5) is 0 Å². The largest absolute Gasteiger partial charge is 0.389 e. The third kappa shape index (κ3) is 2.82. The monoisotopic (exact) mass is 209 g/mol. The van der Waals surface area contributed by atoms with Crippen molar-refractivity contribution in [3.8, 4) is 0 Å². The summed E-state index contributed by atoms with van der Waals surface area (Å²) >= 11 is 0. The van der Waals surface area contributed by atoms with Crippen molar-refractivity contribution in [1.29, 1.82) is 0 Å². The number of rotatable bonds is 3. The van der Waals surface area contributed by atoms with Gasteiger partial charge in [0, 0.05) is 19.6 Å². The molecule has 0 radical (unpaired) electrons. The summed E-state index contributed by atoms with van der Waals surface area (Å²) in [6.45, 7) is 5.19. The molecule has 0 bridgehead atoms. The van der Waals surface area contributed by atoms with Crippen LogP contribution in [0.25, 0.3) is 0 Å². The van der Waals surface area contributed by atoms with Crippen LogP contribution in [0.1, 0.15) is 39.0 Å². The van der Waals surface area contributed by atoms with Crippen molar-refractivity contribution in [3.05, 3.63) is 12.2 Å². The summed E-state index contributed by atoms with van der Waals surface area (Å²) in [5.41, 5.74) is -0.391. The zero-order chi connectivity index (χ0) is 10.7. The van der Waals surface area contributed by atoms with Crippen LogP contribution in [0.5, 0.6) is 0 Å². The molecular weight excluding hydrogens is 186 g/mol. The van der Waals surface area contributed by atoms with Crippen LogP contribution < -0.4 is 0 Å². The Hall–Kier alpha value is -0.340. The molecule has 86 valence electrons. The zero-order valence-corrected chi connectivity index (χ0v) is 9.78. The average Bonchev–Trinajstić information content (AvgIpc) is 2.71. The Bertz CT molecular complexity index is 221. The Morgan fingerprint density at radius 3 is 2.40 bits per heavy atom. The van der Waals surface area contributed by atoms with Crippen molar-refractivity contribution in [3.63, 3.8) is 0 Å². The van der Waals surface area contributed by atoms with Crippen molar-refractivity contribution in [1.82, 2.24) is 4.90 Å². The fraction of sp³-hybridized carbons (Fsp3) is 0.846. The van der Waals surface area contributed by atoms with Gasteiger partial charge < -0.3 is 5.11 Å². The number of hydrogen-bond donors (Lipinski definition) is 1. The minimum atomic E-state index is -0.391. The van der Waals surface area contributed by atoms with Crippen molar-refractivity contribution in [2.75, 3.05) is 19.6 Å². The Morgan fingerprint density at radius 2 is 1.87 bits per heavy atom. The molecule has 0 unspecified atom stereocenters. The van der Waals surface area contributed by atoms with E-state index in [9.17, 15) is 5.11 Å². The van der Waals surface area contributed by atoms with E-state index in [1.807, 2.05) is 0 Å². The summed E-state index contributed by atoms with van der Waals surface area (Å²) in [5.74, 6) is 0.863. The maximum atomic E-state index is 10.5. The summed E-state index contributed by atoms with van der Waals surface area (Å²) in [6.07, 6.45) is 10.1. The summed E-state index contributed by atoms with van der Waals surface area (Å²) in [7, 11) is 0. The van der Waals surface area contributed by atoms with Crippen molar-refractivity contribution in [2.24, 2.45) is 5.92 Å². The molecule has 1 heterocycles. The van der Waals surface area contributed by atoms with Gasteiger partial charge in [0.2, 0.25) is 0 Å². The molecule has 15 heavy (non-hydrogen) atoms. The minimum Gasteiger partial charge on any atom is -0.389 e. The molecule has 2 aliphatic rings. The fourth-order valence-corrected chi connectivity index (χ4v) is 2.85. The van der Waals surface area contributed by atoms with Crippen LogP contribution in [0.2, 0.25) is 0 Å². The topological polar surface area (TPSA) is 23.5 Å². The van der Waals surface area contributed by atoms with Gasteiger partial charge in [-0.05, 0) is 31.6 Å². The van der Waals surface area contributed by atoms with E-state index in [2.05, 4.69) is 24.0 Å². The lowest BCUT2D eigenvalue weighted by Crippen LogP contribution is -2.44. The van der Waals surface area contributed by atoms with Crippen molar-refractivity contribution in [2.45, 2.75) is 44.6 Å². The maximum Gasteiger partial charge on any atom is 0.0774 e. The van der Waals surface area contributed by atoms with Crippen molar-refractivity contribution >= 4 is 0 Å². The van der Waals surface area contributed by atoms with E-state index < -0.39 is 5.60 Å². The number of β-amino-alcohol motifs (C(OH)–C–C–N with tert-alkyl or cyclic N) is 1. The lowest BCUT2D eigenvalue weighted by atomic mass is 9.77. The molecule has 0 amide bonds. The predicted molar refractivity (Wildman–Crippen MR) is 62.8 cm³/mol. The smallest absolute Gasteiger partial charge is 0.0774 e. The maximum absolute atomic E-state index is 10.5. The number of aliphatic hydroxyl groups is 1. The van der Waals surface area contributed by atoms with Crippen LogP contribution >= 0.6 is 0 Å². The summed E-state index contributed by atoms with van der Waals surface area (Å²) in [4.78, 5) is 2.34. The Kier molecular flexibility index (Phi) is 3.47. The summed E-state index contributed by atoms with van der Waals surface area (Å²) in [6, 6.07) is 0. The molecule has 0 aromatic heterocycles. The van der Waals surface area contributed by atoms with Gasteiger partial charge in [0.1, 0.15) is 0 Å². The standard InChI is InChI=1S/C13H23NO/c1-2-12-5-7-13(15,8-6-12)11-14-9-3-4-10-14/h3-4,12,15H,2,5-11H2,1H3. The van der Waals surface area contributed by atoms with Gasteiger partial charge in [0.25, 0.3) is 0 Å². The van der Waals surface area contributed by atoms with E-state index in [4.69, 9.17) is 0 Å². The molecule has 0 aromatic rings. The molecule has 0 spiro atoms. The van der Waals surface area contributed by atoms with Crippen LogP contribution in [0.15, 0.2) is 12.2 Å². The molecule has 1 aliphatic carbocycles. The summed E-state index contributed by atoms with van der Waals surface area (Å²) < 4.78 is 0. The molecule has 1 saturated carbocycles. The highest BCUT2D eigenvalue weighted by atomic mass is 16.3. The third-order valence-corrected chi connectivity index (χ3v) is 4.03. The molecule has 1 aliphatic heterocycles. The second kappa shape index (κ2) is 4.67. The molecule has 1 N–H and O–H groups in total. The molecular formula is C13H23NO. The SMILES string of the molecule is CCC1CCC(O)(CN2CC=CC2)CC1.